The lowest BCUT2D eigenvalue weighted by Crippen LogP contribution is -2.50. The summed E-state index contributed by atoms with van der Waals surface area (Å²) in [6, 6.07) is 11.9. The van der Waals surface area contributed by atoms with E-state index in [-0.39, 0.29) is 46.9 Å². The van der Waals surface area contributed by atoms with E-state index in [1.807, 2.05) is 27.7 Å². The Labute approximate surface area is 261 Å². The molecule has 0 spiro atoms. The van der Waals surface area contributed by atoms with Crippen LogP contribution in [0.15, 0.2) is 52.1 Å². The molecule has 6 rings (SSSR count). The number of carbonyl (C=O) groups is 2. The molecule has 1 aliphatic carbocycles. The summed E-state index contributed by atoms with van der Waals surface area (Å²) in [7, 11) is 4.66. The molecule has 3 aliphatic rings. The van der Waals surface area contributed by atoms with Gasteiger partial charge in [0.1, 0.15) is 0 Å². The molecule has 3 aromatic rings. The van der Waals surface area contributed by atoms with Crippen molar-refractivity contribution in [2.45, 2.75) is 44.7 Å². The molecule has 45 heavy (non-hydrogen) atoms. The predicted octanol–water partition coefficient (Wildman–Crippen LogP) is 3.08. The van der Waals surface area contributed by atoms with Gasteiger partial charge in [-0.05, 0) is 66.1 Å². The van der Waals surface area contributed by atoms with Gasteiger partial charge in [0.15, 0.2) is 11.5 Å². The Kier molecular flexibility index (Phi) is 8.26. The van der Waals surface area contributed by atoms with Crippen LogP contribution in [0.5, 0.6) is 17.2 Å². The maximum atomic E-state index is 13.6. The molecule has 0 radical (unpaired) electrons. The molecule has 3 heterocycles. The van der Waals surface area contributed by atoms with Gasteiger partial charge in [-0.25, -0.2) is 0 Å². The van der Waals surface area contributed by atoms with E-state index < -0.39 is 6.04 Å². The van der Waals surface area contributed by atoms with E-state index in [0.717, 1.165) is 23.2 Å². The molecule has 2 amide bonds. The van der Waals surface area contributed by atoms with Crippen molar-refractivity contribution < 1.29 is 23.8 Å². The van der Waals surface area contributed by atoms with Crippen molar-refractivity contribution in [1.29, 1.82) is 0 Å². The van der Waals surface area contributed by atoms with Crippen molar-refractivity contribution in [3.05, 3.63) is 79.9 Å². The molecular formula is C34H38N4O7. The van der Waals surface area contributed by atoms with Crippen LogP contribution in [0, 0.1) is 5.92 Å². The zero-order valence-corrected chi connectivity index (χ0v) is 26.0. The molecule has 2 unspecified atom stereocenters. The Hall–Kier alpha value is -4.80. The van der Waals surface area contributed by atoms with Gasteiger partial charge in [0.25, 0.3) is 5.56 Å². The van der Waals surface area contributed by atoms with Crippen LogP contribution in [0.4, 0.5) is 5.69 Å². The Morgan fingerprint density at radius 1 is 0.956 bits per heavy atom. The van der Waals surface area contributed by atoms with Crippen molar-refractivity contribution in [1.82, 2.24) is 14.8 Å². The number of aryl methyl sites for hydroxylation is 1. The third-order valence-corrected chi connectivity index (χ3v) is 9.18. The molecule has 2 aromatic carbocycles. The summed E-state index contributed by atoms with van der Waals surface area (Å²) < 4.78 is 18.9. The quantitative estimate of drug-likeness (QED) is 0.416. The fraction of sp³-hybridized carbons (Fsp3) is 0.412. The first-order chi connectivity index (χ1) is 21.7. The molecule has 1 fully saturated rings. The number of hydrogen-bond acceptors (Lipinski definition) is 8. The number of fused-ring (bicyclic) bond motifs is 7. The number of piperidine rings is 1. The monoisotopic (exact) mass is 614 g/mol. The molecule has 2 bridgehead atoms. The van der Waals surface area contributed by atoms with E-state index in [9.17, 15) is 19.2 Å². The van der Waals surface area contributed by atoms with Crippen LogP contribution < -0.4 is 35.8 Å². The van der Waals surface area contributed by atoms with Crippen LogP contribution in [0.2, 0.25) is 0 Å². The first-order valence-corrected chi connectivity index (χ1v) is 15.2. The average Bonchev–Trinajstić information content (AvgIpc) is 3.27. The Bertz CT molecular complexity index is 1790. The highest BCUT2D eigenvalue weighted by molar-refractivity contribution is 5.84. The number of nitrogens with zero attached hydrogens (tertiary/aromatic N) is 2. The van der Waals surface area contributed by atoms with E-state index in [2.05, 4.69) is 10.6 Å². The maximum absolute atomic E-state index is 13.6. The predicted molar refractivity (Wildman–Crippen MR) is 169 cm³/mol. The van der Waals surface area contributed by atoms with Gasteiger partial charge in [-0.15, -0.1) is 0 Å². The van der Waals surface area contributed by atoms with Crippen LogP contribution in [0.25, 0.3) is 11.1 Å². The molecule has 3 atom stereocenters. The average molecular weight is 615 g/mol. The second-order valence-electron chi connectivity index (χ2n) is 11.9. The molecule has 11 heteroatoms. The summed E-state index contributed by atoms with van der Waals surface area (Å²) in [6.07, 6.45) is 2.10. The summed E-state index contributed by atoms with van der Waals surface area (Å²) in [5, 5.41) is 6.10. The second-order valence-corrected chi connectivity index (χ2v) is 11.9. The fourth-order valence-corrected chi connectivity index (χ4v) is 7.24. The van der Waals surface area contributed by atoms with Gasteiger partial charge >= 0.3 is 0 Å². The number of ether oxygens (including phenoxy) is 3. The highest BCUT2D eigenvalue weighted by Crippen LogP contribution is 2.50. The van der Waals surface area contributed by atoms with Gasteiger partial charge in [0, 0.05) is 49.8 Å². The number of likely N-dealkylation sites (tertiary alicyclic amines) is 1. The van der Waals surface area contributed by atoms with Crippen LogP contribution in [-0.4, -0.2) is 62.2 Å². The third kappa shape index (κ3) is 5.63. The number of carbonyl (C=O) groups excluding carboxylic acids is 2. The lowest BCUT2D eigenvalue weighted by atomic mass is 9.83. The van der Waals surface area contributed by atoms with Crippen LogP contribution >= 0.6 is 0 Å². The van der Waals surface area contributed by atoms with Gasteiger partial charge in [0.05, 0.1) is 39.6 Å². The zero-order chi connectivity index (χ0) is 31.8. The smallest absolute Gasteiger partial charge is 0.250 e. The molecule has 1 aromatic heterocycles. The SMILES string of the molecule is COc1cc2c(c(OC)c1OC)-c1ccc(NCC(=O)N3CC4CC(C3)c3cccc(=O)n3C4)c(=O)cc1[C@@H](NC(C)=O)CC2. The highest BCUT2D eigenvalue weighted by Gasteiger charge is 2.36. The molecular weight excluding hydrogens is 576 g/mol. The number of hydrogen-bond donors (Lipinski definition) is 2. The molecule has 1 saturated heterocycles. The van der Waals surface area contributed by atoms with Gasteiger partial charge in [-0.1, -0.05) is 12.1 Å². The number of nitrogens with one attached hydrogen (secondary N) is 2. The molecule has 236 valence electrons. The van der Waals surface area contributed by atoms with Gasteiger partial charge < -0.3 is 34.3 Å². The summed E-state index contributed by atoms with van der Waals surface area (Å²) in [4.78, 5) is 53.5. The molecule has 2 aliphatic heterocycles. The minimum atomic E-state index is -0.427. The largest absolute Gasteiger partial charge is 0.493 e. The van der Waals surface area contributed by atoms with Crippen molar-refractivity contribution >= 4 is 17.5 Å². The second kappa shape index (κ2) is 12.3. The topological polar surface area (TPSA) is 128 Å². The van der Waals surface area contributed by atoms with Crippen molar-refractivity contribution in [3.8, 4) is 28.4 Å². The standard InChI is InChI=1S/C34H38N4O7/c1-19(39)36-25-10-8-21-13-29(43-2)33(44-3)34(45-4)32(21)23-9-11-26(28(40)14-24(23)25)35-15-31(42)37-16-20-12-22(18-37)27-6-5-7-30(41)38(27)17-20/h5-7,9,11,13-14,20,22,25H,8,10,12,15-18H2,1-4H3,(H,35,40)(H,36,39)/t20?,22?,25-/m0/s1. The minimum Gasteiger partial charge on any atom is -0.493 e. The van der Waals surface area contributed by atoms with Crippen LogP contribution in [-0.2, 0) is 22.6 Å². The van der Waals surface area contributed by atoms with E-state index in [4.69, 9.17) is 14.2 Å². The van der Waals surface area contributed by atoms with Crippen LogP contribution in [0.1, 0.15) is 48.5 Å². The van der Waals surface area contributed by atoms with Crippen molar-refractivity contribution in [2.24, 2.45) is 5.92 Å². The maximum Gasteiger partial charge on any atom is 0.250 e. The summed E-state index contributed by atoms with van der Waals surface area (Å²) in [5.41, 5.74) is 4.00. The Balaban J connectivity index is 1.32. The number of anilines is 1. The van der Waals surface area contributed by atoms with Crippen molar-refractivity contribution in [3.63, 3.8) is 0 Å². The zero-order valence-electron chi connectivity index (χ0n) is 26.0. The Morgan fingerprint density at radius 3 is 2.49 bits per heavy atom. The number of rotatable bonds is 7. The number of pyridine rings is 1. The summed E-state index contributed by atoms with van der Waals surface area (Å²) in [6.45, 7) is 3.10. The van der Waals surface area contributed by atoms with Gasteiger partial charge in [0.2, 0.25) is 23.0 Å². The van der Waals surface area contributed by atoms with Crippen molar-refractivity contribution in [2.75, 3.05) is 46.3 Å². The van der Waals surface area contributed by atoms with E-state index in [1.165, 1.54) is 13.0 Å². The van der Waals surface area contributed by atoms with E-state index in [0.29, 0.717) is 60.9 Å². The lowest BCUT2D eigenvalue weighted by Gasteiger charge is -2.42. The number of benzene rings is 1. The lowest BCUT2D eigenvalue weighted by molar-refractivity contribution is -0.132. The third-order valence-electron chi connectivity index (χ3n) is 9.18. The molecule has 11 nitrogen and oxygen atoms in total. The fourth-order valence-electron chi connectivity index (χ4n) is 7.24. The normalized spacial score (nSPS) is 19.6. The number of amides is 2. The molecule has 2 N–H and O–H groups in total. The van der Waals surface area contributed by atoms with Crippen LogP contribution in [0.3, 0.4) is 0 Å². The number of aromatic nitrogens is 1. The number of methoxy groups -OCH3 is 3. The first-order valence-electron chi connectivity index (χ1n) is 15.2. The summed E-state index contributed by atoms with van der Waals surface area (Å²) >= 11 is 0. The highest BCUT2D eigenvalue weighted by atomic mass is 16.5. The van der Waals surface area contributed by atoms with Gasteiger partial charge in [-0.2, -0.15) is 0 Å². The summed E-state index contributed by atoms with van der Waals surface area (Å²) in [5.74, 6) is 1.42. The van der Waals surface area contributed by atoms with Gasteiger partial charge in [-0.3, -0.25) is 19.2 Å². The minimum absolute atomic E-state index is 0.000493. The van der Waals surface area contributed by atoms with E-state index >= 15 is 0 Å². The first kappa shape index (κ1) is 30.2. The molecule has 0 saturated carbocycles. The van der Waals surface area contributed by atoms with E-state index in [1.54, 1.807) is 39.5 Å². The Morgan fingerprint density at radius 2 is 1.76 bits per heavy atom.